The molecule has 4 aliphatic rings. The number of ether oxygens (including phenoxy) is 1. The lowest BCUT2D eigenvalue weighted by Crippen LogP contribution is -2.53. The molecule has 3 N–H and O–H groups in total. The van der Waals surface area contributed by atoms with Crippen molar-refractivity contribution in [3.05, 3.63) is 81.0 Å². The number of carbonyl (C=O) groups excluding carboxylic acids is 1. The Morgan fingerprint density at radius 3 is 2.32 bits per heavy atom. The number of fused-ring (bicyclic) bond motifs is 2. The minimum atomic E-state index is -2.78. The minimum absolute atomic E-state index is 0.0689. The lowest BCUT2D eigenvalue weighted by molar-refractivity contribution is -0.125. The Kier molecular flexibility index (Phi) is 15.6. The van der Waals surface area contributed by atoms with Crippen molar-refractivity contribution in [2.75, 3.05) is 106 Å². The van der Waals surface area contributed by atoms with Gasteiger partial charge in [-0.25, -0.2) is 24.1 Å². The molecule has 0 radical (unpaired) electrons. The number of piperidine rings is 3. The van der Waals surface area contributed by atoms with Crippen molar-refractivity contribution in [2.24, 2.45) is 5.92 Å². The van der Waals surface area contributed by atoms with Gasteiger partial charge in [0.2, 0.25) is 11.9 Å². The molecule has 394 valence electrons. The lowest BCUT2D eigenvalue weighted by Gasteiger charge is -2.44. The molecule has 4 fully saturated rings. The van der Waals surface area contributed by atoms with E-state index in [2.05, 4.69) is 85.5 Å². The number of carbonyl (C=O) groups is 1. The Balaban J connectivity index is 0.714. The Labute approximate surface area is 440 Å². The maximum atomic E-state index is 15.9. The molecule has 1 amide bonds. The molecule has 74 heavy (non-hydrogen) atoms. The summed E-state index contributed by atoms with van der Waals surface area (Å²) in [6.45, 7) is 19.6. The molecular formula is C54H69BrFN12O5P. The number of nitrogens with zero attached hydrogens (tertiary/aromatic N) is 9. The molecule has 3 aromatic carbocycles. The predicted octanol–water partition coefficient (Wildman–Crippen LogP) is 8.83. The van der Waals surface area contributed by atoms with Gasteiger partial charge >= 0.3 is 5.76 Å². The fraction of sp³-hybridized carbons (Fsp3) is 0.519. The number of nitrogens with one attached hydrogen (secondary N) is 3. The van der Waals surface area contributed by atoms with Crippen LogP contribution in [0.1, 0.15) is 83.1 Å². The van der Waals surface area contributed by atoms with Gasteiger partial charge in [-0.05, 0) is 136 Å². The smallest absolute Gasteiger partial charge is 0.420 e. The quantitative estimate of drug-likeness (QED) is 0.0783. The third kappa shape index (κ3) is 10.9. The summed E-state index contributed by atoms with van der Waals surface area (Å²) in [7, 11) is -2.78. The Hall–Kier alpha value is -5.62. The molecule has 0 spiro atoms. The average Bonchev–Trinajstić information content (AvgIpc) is 3.75. The van der Waals surface area contributed by atoms with E-state index < -0.39 is 24.8 Å². The van der Waals surface area contributed by atoms with Crippen LogP contribution in [0.25, 0.3) is 22.0 Å². The number of aryl methyl sites for hydroxylation is 2. The average molecular weight is 1100 g/mol. The van der Waals surface area contributed by atoms with Crippen molar-refractivity contribution in [1.82, 2.24) is 39.6 Å². The molecule has 0 saturated carbocycles. The highest BCUT2D eigenvalue weighted by atomic mass is 79.9. The molecule has 0 bridgehead atoms. The van der Waals surface area contributed by atoms with Gasteiger partial charge in [-0.15, -0.1) is 0 Å². The SMILES string of the molecule is CCOc1cc(N2CCC(N3CCN(CCC4CCN(c5ccc6c(oc(=O)n6C6CCCNC6=O)c5F)CC4)CC3)CC2)c(CC)cc1Nc1ncc(Br)c(Nc2ccc3nc(CC)ncc3c2P(C)(C)=O)n1. The number of amides is 1. The summed E-state index contributed by atoms with van der Waals surface area (Å²) in [5, 5.41) is 11.1. The van der Waals surface area contributed by atoms with Gasteiger partial charge in [0.05, 0.1) is 39.2 Å². The number of oxazole rings is 1. The third-order valence-electron chi connectivity index (χ3n) is 15.6. The van der Waals surface area contributed by atoms with Crippen molar-refractivity contribution in [3.8, 4) is 5.75 Å². The summed E-state index contributed by atoms with van der Waals surface area (Å²) in [4.78, 5) is 54.0. The number of anilines is 6. The summed E-state index contributed by atoms with van der Waals surface area (Å²) in [6.07, 6.45) is 11.6. The van der Waals surface area contributed by atoms with Crippen LogP contribution in [0.2, 0.25) is 0 Å². The van der Waals surface area contributed by atoms with Gasteiger partial charge in [-0.2, -0.15) is 4.98 Å². The summed E-state index contributed by atoms with van der Waals surface area (Å²) in [5.74, 6) is 1.53. The first kappa shape index (κ1) is 51.8. The van der Waals surface area contributed by atoms with Crippen molar-refractivity contribution in [1.29, 1.82) is 0 Å². The topological polar surface area (TPSA) is 179 Å². The first-order valence-corrected chi connectivity index (χ1v) is 30.0. The largest absolute Gasteiger partial charge is 0.492 e. The van der Waals surface area contributed by atoms with Crippen molar-refractivity contribution < 1.29 is 22.9 Å². The van der Waals surface area contributed by atoms with Crippen LogP contribution in [-0.4, -0.2) is 132 Å². The number of benzene rings is 3. The molecule has 4 saturated heterocycles. The highest BCUT2D eigenvalue weighted by molar-refractivity contribution is 9.10. The molecule has 0 aliphatic carbocycles. The number of halogens is 2. The van der Waals surface area contributed by atoms with Crippen molar-refractivity contribution in [2.45, 2.75) is 90.6 Å². The summed E-state index contributed by atoms with van der Waals surface area (Å²) >= 11 is 3.64. The van der Waals surface area contributed by atoms with E-state index in [9.17, 15) is 14.2 Å². The Morgan fingerprint density at radius 2 is 1.61 bits per heavy atom. The third-order valence-corrected chi connectivity index (χ3v) is 17.7. The number of hydrogen-bond acceptors (Lipinski definition) is 15. The van der Waals surface area contributed by atoms with E-state index in [4.69, 9.17) is 14.1 Å². The standard InChI is InChI=1S/C54H69BrFN12O5P/c1-6-35-30-41(62-53-59-33-38(55)51(63-53)61-40-12-11-39-37(50(40)74(4,5)71)32-58-47(7-2)60-39)46(72-8-3)31-45(35)67-24-18-36(19-25-67)65-28-26-64(27-29-65)21-15-34-16-22-66(23-17-34)42-13-14-43-49(48(42)56)73-54(70)68(43)44-10-9-20-57-52(44)69/h11-14,30-34,36,44H,6-10,15-29H2,1-5H3,(H,57,69)(H2,59,61,62,63). The van der Waals surface area contributed by atoms with Gasteiger partial charge in [-0.3, -0.25) is 14.3 Å². The lowest BCUT2D eigenvalue weighted by atomic mass is 9.92. The van der Waals surface area contributed by atoms with Gasteiger partial charge in [0.15, 0.2) is 11.4 Å². The van der Waals surface area contributed by atoms with E-state index in [-0.39, 0.29) is 11.5 Å². The molecule has 4 aliphatic heterocycles. The van der Waals surface area contributed by atoms with E-state index in [1.807, 2.05) is 26.0 Å². The van der Waals surface area contributed by atoms with Crippen LogP contribution in [-0.2, 0) is 22.2 Å². The van der Waals surface area contributed by atoms with Crippen LogP contribution in [0.4, 0.5) is 38.9 Å². The normalized spacial score (nSPS) is 18.9. The zero-order valence-electron chi connectivity index (χ0n) is 43.3. The molecule has 10 rings (SSSR count). The molecule has 3 aromatic heterocycles. The van der Waals surface area contributed by atoms with Crippen LogP contribution < -0.4 is 41.5 Å². The number of rotatable bonds is 16. The fourth-order valence-corrected chi connectivity index (χ4v) is 13.3. The molecule has 20 heteroatoms. The van der Waals surface area contributed by atoms with E-state index in [0.717, 1.165) is 132 Å². The maximum absolute atomic E-state index is 15.9. The van der Waals surface area contributed by atoms with Gasteiger partial charge in [0.25, 0.3) is 0 Å². The maximum Gasteiger partial charge on any atom is 0.420 e. The zero-order valence-corrected chi connectivity index (χ0v) is 45.7. The van der Waals surface area contributed by atoms with Crippen LogP contribution >= 0.6 is 23.1 Å². The van der Waals surface area contributed by atoms with Gasteiger partial charge < -0.3 is 44.4 Å². The van der Waals surface area contributed by atoms with Gasteiger partial charge in [0.1, 0.15) is 30.6 Å². The minimum Gasteiger partial charge on any atom is -0.492 e. The van der Waals surface area contributed by atoms with Crippen LogP contribution in [0, 0.1) is 11.7 Å². The summed E-state index contributed by atoms with van der Waals surface area (Å²) < 4.78 is 43.4. The second-order valence-electron chi connectivity index (χ2n) is 20.5. The molecule has 17 nitrogen and oxygen atoms in total. The van der Waals surface area contributed by atoms with Crippen molar-refractivity contribution >= 4 is 90.8 Å². The monoisotopic (exact) mass is 1090 g/mol. The van der Waals surface area contributed by atoms with Gasteiger partial charge in [-0.1, -0.05) is 13.8 Å². The molecule has 1 unspecified atom stereocenters. The van der Waals surface area contributed by atoms with E-state index >= 15 is 4.39 Å². The predicted molar refractivity (Wildman–Crippen MR) is 296 cm³/mol. The first-order chi connectivity index (χ1) is 35.8. The second-order valence-corrected chi connectivity index (χ2v) is 24.5. The molecular weight excluding hydrogens is 1030 g/mol. The van der Waals surface area contributed by atoms with E-state index in [0.29, 0.717) is 76.4 Å². The number of piperazine rings is 1. The molecule has 6 aromatic rings. The van der Waals surface area contributed by atoms with E-state index in [1.165, 1.54) is 15.8 Å². The highest BCUT2D eigenvalue weighted by Crippen LogP contribution is 2.43. The first-order valence-electron chi connectivity index (χ1n) is 26.6. The Bertz CT molecular complexity index is 3120. The van der Waals surface area contributed by atoms with Crippen LogP contribution in [0.15, 0.2) is 62.5 Å². The van der Waals surface area contributed by atoms with Gasteiger partial charge in [0, 0.05) is 106 Å². The van der Waals surface area contributed by atoms with Crippen molar-refractivity contribution in [3.63, 3.8) is 0 Å². The fourth-order valence-electron chi connectivity index (χ4n) is 11.6. The Morgan fingerprint density at radius 1 is 0.851 bits per heavy atom. The van der Waals surface area contributed by atoms with Crippen LogP contribution in [0.5, 0.6) is 5.75 Å². The highest BCUT2D eigenvalue weighted by Gasteiger charge is 2.33. The number of hydrogen-bond donors (Lipinski definition) is 3. The van der Waals surface area contributed by atoms with Crippen LogP contribution in [0.3, 0.4) is 0 Å². The molecule has 7 heterocycles. The van der Waals surface area contributed by atoms with E-state index in [1.54, 1.807) is 37.9 Å². The molecule has 1 atom stereocenters. The summed E-state index contributed by atoms with van der Waals surface area (Å²) in [5.41, 5.74) is 5.38. The number of aromatic nitrogens is 5. The zero-order chi connectivity index (χ0) is 51.7. The second kappa shape index (κ2) is 22.3. The summed E-state index contributed by atoms with van der Waals surface area (Å²) in [6, 6.07) is 11.5.